The first-order chi connectivity index (χ1) is 12.5. The van der Waals surface area contributed by atoms with Crippen LogP contribution in [0.3, 0.4) is 0 Å². The molecule has 2 aromatic carbocycles. The van der Waals surface area contributed by atoms with E-state index < -0.39 is 5.91 Å². The lowest BCUT2D eigenvalue weighted by Gasteiger charge is -2.14. The van der Waals surface area contributed by atoms with E-state index in [9.17, 15) is 4.79 Å². The van der Waals surface area contributed by atoms with Gasteiger partial charge in [0.15, 0.2) is 5.96 Å². The van der Waals surface area contributed by atoms with Gasteiger partial charge in [0.2, 0.25) is 5.91 Å². The molecule has 0 saturated heterocycles. The van der Waals surface area contributed by atoms with Gasteiger partial charge in [-0.1, -0.05) is 24.3 Å². The highest BCUT2D eigenvalue weighted by Crippen LogP contribution is 2.19. The number of aryl methyl sites for hydroxylation is 1. The van der Waals surface area contributed by atoms with Crippen LogP contribution >= 0.6 is 0 Å². The summed E-state index contributed by atoms with van der Waals surface area (Å²) in [4.78, 5) is 15.9. The number of carbonyl (C=O) groups excluding carboxylic acids is 1. The summed E-state index contributed by atoms with van der Waals surface area (Å²) in [5.41, 5.74) is 8.94. The molecule has 0 bridgehead atoms. The van der Waals surface area contributed by atoms with Crippen LogP contribution < -0.4 is 21.1 Å². The van der Waals surface area contributed by atoms with Gasteiger partial charge >= 0.3 is 0 Å². The fourth-order valence-electron chi connectivity index (χ4n) is 2.51. The molecule has 0 unspecified atom stereocenters. The minimum atomic E-state index is -0.438. The number of methoxy groups -OCH3 is 1. The number of hydrogen-bond donors (Lipinski definition) is 3. The van der Waals surface area contributed by atoms with Gasteiger partial charge in [0.05, 0.1) is 13.7 Å². The Balaban J connectivity index is 2.07. The van der Waals surface area contributed by atoms with Crippen molar-refractivity contribution in [2.24, 2.45) is 10.7 Å². The van der Waals surface area contributed by atoms with Crippen LogP contribution in [0.2, 0.25) is 0 Å². The molecular formula is C20H26N4O2. The average Bonchev–Trinajstić information content (AvgIpc) is 2.64. The molecule has 0 fully saturated rings. The number of ether oxygens (including phenoxy) is 1. The molecule has 0 radical (unpaired) electrons. The molecule has 6 nitrogen and oxygen atoms in total. The van der Waals surface area contributed by atoms with Crippen LogP contribution in [0.4, 0.5) is 0 Å². The molecule has 2 aromatic rings. The Morgan fingerprint density at radius 1 is 1.19 bits per heavy atom. The fraction of sp³-hybridized carbons (Fsp3) is 0.300. The van der Waals surface area contributed by atoms with Gasteiger partial charge in [0.25, 0.3) is 0 Å². The molecule has 0 aliphatic heterocycles. The highest BCUT2D eigenvalue weighted by atomic mass is 16.5. The van der Waals surface area contributed by atoms with Crippen molar-refractivity contribution < 1.29 is 9.53 Å². The molecule has 138 valence electrons. The number of nitrogens with zero attached hydrogens (tertiary/aromatic N) is 1. The monoisotopic (exact) mass is 354 g/mol. The van der Waals surface area contributed by atoms with Gasteiger partial charge in [-0.2, -0.15) is 0 Å². The average molecular weight is 354 g/mol. The van der Waals surface area contributed by atoms with E-state index in [-0.39, 0.29) is 0 Å². The number of primary amides is 1. The standard InChI is InChI=1S/C20H26N4O2/c1-4-22-20(23-12-15-6-5-7-16(11-15)19(21)25)24-13-17-9-8-14(2)10-18(17)26-3/h5-11H,4,12-13H2,1-3H3,(H2,21,25)(H2,22,23,24). The predicted molar refractivity (Wildman–Crippen MR) is 104 cm³/mol. The van der Waals surface area contributed by atoms with Crippen molar-refractivity contribution in [3.63, 3.8) is 0 Å². The molecule has 0 atom stereocenters. The van der Waals surface area contributed by atoms with Crippen LogP contribution in [0.25, 0.3) is 0 Å². The molecule has 6 heteroatoms. The third kappa shape index (κ3) is 5.51. The van der Waals surface area contributed by atoms with E-state index in [4.69, 9.17) is 10.5 Å². The molecular weight excluding hydrogens is 328 g/mol. The van der Waals surface area contributed by atoms with Crippen LogP contribution in [-0.4, -0.2) is 25.5 Å². The lowest BCUT2D eigenvalue weighted by atomic mass is 10.1. The minimum absolute atomic E-state index is 0.438. The summed E-state index contributed by atoms with van der Waals surface area (Å²) in [6, 6.07) is 13.3. The van der Waals surface area contributed by atoms with E-state index in [0.29, 0.717) is 24.6 Å². The lowest BCUT2D eigenvalue weighted by molar-refractivity contribution is 0.1000. The summed E-state index contributed by atoms with van der Waals surface area (Å²) >= 11 is 0. The van der Waals surface area contributed by atoms with Gasteiger partial charge in [0, 0.05) is 24.2 Å². The van der Waals surface area contributed by atoms with Crippen LogP contribution in [0.1, 0.15) is 34.0 Å². The number of guanidine groups is 1. The molecule has 0 heterocycles. The van der Waals surface area contributed by atoms with Crippen molar-refractivity contribution in [2.45, 2.75) is 26.9 Å². The zero-order valence-corrected chi connectivity index (χ0v) is 15.5. The molecule has 0 aliphatic rings. The molecule has 0 aromatic heterocycles. The number of hydrogen-bond acceptors (Lipinski definition) is 3. The fourth-order valence-corrected chi connectivity index (χ4v) is 2.51. The van der Waals surface area contributed by atoms with Crippen molar-refractivity contribution in [3.05, 3.63) is 64.7 Å². The maximum absolute atomic E-state index is 11.3. The van der Waals surface area contributed by atoms with Gasteiger partial charge in [-0.15, -0.1) is 0 Å². The third-order valence-electron chi connectivity index (χ3n) is 3.86. The SMILES string of the molecule is CCNC(=NCc1cccc(C(N)=O)c1)NCc1ccc(C)cc1OC. The molecule has 4 N–H and O–H groups in total. The lowest BCUT2D eigenvalue weighted by Crippen LogP contribution is -2.36. The maximum Gasteiger partial charge on any atom is 0.248 e. The van der Waals surface area contributed by atoms with E-state index in [1.807, 2.05) is 38.1 Å². The highest BCUT2D eigenvalue weighted by molar-refractivity contribution is 5.92. The quantitative estimate of drug-likeness (QED) is 0.526. The van der Waals surface area contributed by atoms with Crippen molar-refractivity contribution in [1.29, 1.82) is 0 Å². The highest BCUT2D eigenvalue weighted by Gasteiger charge is 2.05. The summed E-state index contributed by atoms with van der Waals surface area (Å²) in [7, 11) is 1.67. The Labute approximate surface area is 154 Å². The zero-order chi connectivity index (χ0) is 18.9. The molecule has 1 amide bonds. The number of nitrogens with one attached hydrogen (secondary N) is 2. The van der Waals surface area contributed by atoms with Crippen LogP contribution in [0.15, 0.2) is 47.5 Å². The Morgan fingerprint density at radius 2 is 2.00 bits per heavy atom. The number of aliphatic imine (C=N–C) groups is 1. The van der Waals surface area contributed by atoms with Gasteiger partial charge in [-0.25, -0.2) is 4.99 Å². The smallest absolute Gasteiger partial charge is 0.248 e. The van der Waals surface area contributed by atoms with Gasteiger partial charge in [-0.05, 0) is 43.2 Å². The van der Waals surface area contributed by atoms with E-state index in [1.54, 1.807) is 19.2 Å². The third-order valence-corrected chi connectivity index (χ3v) is 3.86. The van der Waals surface area contributed by atoms with Gasteiger partial charge < -0.3 is 21.1 Å². The molecule has 0 saturated carbocycles. The number of benzene rings is 2. The zero-order valence-electron chi connectivity index (χ0n) is 15.5. The van der Waals surface area contributed by atoms with Gasteiger partial charge in [0.1, 0.15) is 5.75 Å². The molecule has 0 aliphatic carbocycles. The second kappa shape index (κ2) is 9.46. The van der Waals surface area contributed by atoms with Crippen molar-refractivity contribution in [1.82, 2.24) is 10.6 Å². The summed E-state index contributed by atoms with van der Waals surface area (Å²) in [5.74, 6) is 1.11. The summed E-state index contributed by atoms with van der Waals surface area (Å²) in [5, 5.41) is 6.52. The number of nitrogens with two attached hydrogens (primary N) is 1. The Morgan fingerprint density at radius 3 is 2.69 bits per heavy atom. The van der Waals surface area contributed by atoms with E-state index >= 15 is 0 Å². The summed E-state index contributed by atoms with van der Waals surface area (Å²) in [6.45, 7) is 5.83. The number of amides is 1. The normalized spacial score (nSPS) is 11.1. The Hall–Kier alpha value is -3.02. The second-order valence-electron chi connectivity index (χ2n) is 5.93. The molecule has 26 heavy (non-hydrogen) atoms. The summed E-state index contributed by atoms with van der Waals surface area (Å²) in [6.07, 6.45) is 0. The largest absolute Gasteiger partial charge is 0.496 e. The van der Waals surface area contributed by atoms with Crippen LogP contribution in [0, 0.1) is 6.92 Å². The first-order valence-corrected chi connectivity index (χ1v) is 8.58. The van der Waals surface area contributed by atoms with Crippen molar-refractivity contribution >= 4 is 11.9 Å². The van der Waals surface area contributed by atoms with Crippen LogP contribution in [0.5, 0.6) is 5.75 Å². The van der Waals surface area contributed by atoms with Crippen molar-refractivity contribution in [2.75, 3.05) is 13.7 Å². The Kier molecular flexibility index (Phi) is 7.02. The van der Waals surface area contributed by atoms with Gasteiger partial charge in [-0.3, -0.25) is 4.79 Å². The van der Waals surface area contributed by atoms with E-state index in [1.165, 1.54) is 0 Å². The second-order valence-corrected chi connectivity index (χ2v) is 5.93. The van der Waals surface area contributed by atoms with Crippen molar-refractivity contribution in [3.8, 4) is 5.75 Å². The predicted octanol–water partition coefficient (Wildman–Crippen LogP) is 2.36. The molecule has 0 spiro atoms. The topological polar surface area (TPSA) is 88.7 Å². The first-order valence-electron chi connectivity index (χ1n) is 8.58. The van der Waals surface area contributed by atoms with E-state index in [0.717, 1.165) is 29.0 Å². The Bertz CT molecular complexity index is 787. The number of rotatable bonds is 7. The molecule has 2 rings (SSSR count). The summed E-state index contributed by atoms with van der Waals surface area (Å²) < 4.78 is 5.44. The minimum Gasteiger partial charge on any atom is -0.496 e. The first kappa shape index (κ1) is 19.3. The number of carbonyl (C=O) groups is 1. The van der Waals surface area contributed by atoms with E-state index in [2.05, 4.69) is 21.7 Å². The maximum atomic E-state index is 11.3. The van der Waals surface area contributed by atoms with Crippen LogP contribution in [-0.2, 0) is 13.1 Å².